The van der Waals surface area contributed by atoms with Crippen LogP contribution in [0.2, 0.25) is 0 Å². The molecule has 2 rings (SSSR count). The van der Waals surface area contributed by atoms with E-state index in [0.29, 0.717) is 22.5 Å². The van der Waals surface area contributed by atoms with E-state index in [4.69, 9.17) is 4.74 Å². The highest BCUT2D eigenvalue weighted by Crippen LogP contribution is 2.28. The van der Waals surface area contributed by atoms with Gasteiger partial charge >= 0.3 is 5.97 Å². The number of amides is 1. The molecule has 0 aromatic carbocycles. The molecular formula is C16H22N2O4. The van der Waals surface area contributed by atoms with Gasteiger partial charge in [0.2, 0.25) is 5.91 Å². The highest BCUT2D eigenvalue weighted by atomic mass is 16.5. The minimum Gasteiger partial charge on any atom is -0.461 e. The minimum atomic E-state index is -0.465. The molecule has 0 radical (unpaired) electrons. The molecule has 1 aliphatic carbocycles. The molecule has 0 aliphatic heterocycles. The highest BCUT2D eigenvalue weighted by molar-refractivity contribution is 6.04. The van der Waals surface area contributed by atoms with Gasteiger partial charge in [0.1, 0.15) is 5.69 Å². The lowest BCUT2D eigenvalue weighted by Gasteiger charge is -2.19. The number of H-pyrrole nitrogens is 1. The normalized spacial score (nSPS) is 13.8. The van der Waals surface area contributed by atoms with Crippen molar-refractivity contribution in [3.05, 3.63) is 22.5 Å². The molecule has 1 amide bonds. The lowest BCUT2D eigenvalue weighted by Crippen LogP contribution is -2.36. The van der Waals surface area contributed by atoms with Crippen molar-refractivity contribution in [1.82, 2.24) is 9.88 Å². The van der Waals surface area contributed by atoms with E-state index in [1.807, 2.05) is 0 Å². The molecular weight excluding hydrogens is 284 g/mol. The van der Waals surface area contributed by atoms with Gasteiger partial charge in [-0.25, -0.2) is 4.79 Å². The molecule has 1 aromatic rings. The molecule has 0 spiro atoms. The monoisotopic (exact) mass is 306 g/mol. The van der Waals surface area contributed by atoms with Gasteiger partial charge in [-0.3, -0.25) is 9.59 Å². The molecule has 1 fully saturated rings. The number of aromatic amines is 1. The summed E-state index contributed by atoms with van der Waals surface area (Å²) in [5.41, 5.74) is 2.00. The summed E-state index contributed by atoms with van der Waals surface area (Å²) in [5, 5.41) is 0. The van der Waals surface area contributed by atoms with Gasteiger partial charge in [0.15, 0.2) is 5.78 Å². The predicted molar refractivity (Wildman–Crippen MR) is 81.0 cm³/mol. The zero-order valence-corrected chi connectivity index (χ0v) is 13.5. The number of esters is 1. The Morgan fingerprint density at radius 1 is 1.27 bits per heavy atom. The van der Waals surface area contributed by atoms with Crippen LogP contribution in [0.4, 0.5) is 0 Å². The van der Waals surface area contributed by atoms with Gasteiger partial charge < -0.3 is 14.6 Å². The number of nitrogens with zero attached hydrogens (tertiary/aromatic N) is 1. The van der Waals surface area contributed by atoms with Gasteiger partial charge in [0, 0.05) is 24.2 Å². The molecule has 0 bridgehead atoms. The molecule has 0 atom stereocenters. The summed E-state index contributed by atoms with van der Waals surface area (Å²) in [5.74, 6) is -0.705. The summed E-state index contributed by atoms with van der Waals surface area (Å²) in [6.45, 7) is 7.01. The van der Waals surface area contributed by atoms with Crippen LogP contribution >= 0.6 is 0 Å². The number of carbonyl (C=O) groups excluding carboxylic acids is 3. The van der Waals surface area contributed by atoms with Crippen LogP contribution in [0.3, 0.4) is 0 Å². The Kier molecular flexibility index (Phi) is 4.68. The lowest BCUT2D eigenvalue weighted by molar-refractivity contribution is -0.128. The molecule has 1 N–H and O–H groups in total. The summed E-state index contributed by atoms with van der Waals surface area (Å²) in [6.07, 6.45) is 1.90. The van der Waals surface area contributed by atoms with Gasteiger partial charge in [0.25, 0.3) is 0 Å². The second kappa shape index (κ2) is 6.34. The molecule has 1 aromatic heterocycles. The van der Waals surface area contributed by atoms with Gasteiger partial charge in [-0.05, 0) is 39.2 Å². The SMILES string of the molecule is CCOC(=O)c1[nH]c(C)c(C(=O)CN(C(C)=O)C2CC2)c1C. The summed E-state index contributed by atoms with van der Waals surface area (Å²) >= 11 is 0. The molecule has 120 valence electrons. The summed E-state index contributed by atoms with van der Waals surface area (Å²) < 4.78 is 4.98. The first-order chi connectivity index (χ1) is 10.4. The second-order valence-corrected chi connectivity index (χ2v) is 5.65. The maximum absolute atomic E-state index is 12.6. The second-order valence-electron chi connectivity index (χ2n) is 5.65. The van der Waals surface area contributed by atoms with E-state index in [1.54, 1.807) is 25.7 Å². The van der Waals surface area contributed by atoms with Crippen LogP contribution in [-0.2, 0) is 9.53 Å². The van der Waals surface area contributed by atoms with Crippen LogP contribution in [0.15, 0.2) is 0 Å². The van der Waals surface area contributed by atoms with E-state index >= 15 is 0 Å². The van der Waals surface area contributed by atoms with Gasteiger partial charge in [-0.15, -0.1) is 0 Å². The van der Waals surface area contributed by atoms with Crippen LogP contribution in [0, 0.1) is 13.8 Å². The van der Waals surface area contributed by atoms with Crippen molar-refractivity contribution in [2.24, 2.45) is 0 Å². The molecule has 1 heterocycles. The average molecular weight is 306 g/mol. The molecule has 6 heteroatoms. The van der Waals surface area contributed by atoms with Crippen LogP contribution in [0.5, 0.6) is 0 Å². The molecule has 1 saturated carbocycles. The van der Waals surface area contributed by atoms with Crippen molar-refractivity contribution in [3.8, 4) is 0 Å². The Balaban J connectivity index is 2.22. The fourth-order valence-corrected chi connectivity index (χ4v) is 2.69. The number of nitrogens with one attached hydrogen (secondary N) is 1. The Hall–Kier alpha value is -2.11. The third-order valence-electron chi connectivity index (χ3n) is 3.90. The number of aromatic nitrogens is 1. The Morgan fingerprint density at radius 3 is 2.41 bits per heavy atom. The van der Waals surface area contributed by atoms with Crippen molar-refractivity contribution < 1.29 is 19.1 Å². The molecule has 6 nitrogen and oxygen atoms in total. The van der Waals surface area contributed by atoms with E-state index < -0.39 is 5.97 Å². The summed E-state index contributed by atoms with van der Waals surface area (Å²) in [6, 6.07) is 0.186. The Morgan fingerprint density at radius 2 is 1.91 bits per heavy atom. The summed E-state index contributed by atoms with van der Waals surface area (Å²) in [7, 11) is 0. The zero-order valence-electron chi connectivity index (χ0n) is 13.5. The number of hydrogen-bond donors (Lipinski definition) is 1. The van der Waals surface area contributed by atoms with Crippen LogP contribution in [-0.4, -0.2) is 46.7 Å². The zero-order chi connectivity index (χ0) is 16.4. The third kappa shape index (κ3) is 3.21. The third-order valence-corrected chi connectivity index (χ3v) is 3.90. The predicted octanol–water partition coefficient (Wildman–Crippen LogP) is 2.00. The van der Waals surface area contributed by atoms with Gasteiger partial charge in [-0.2, -0.15) is 0 Å². The van der Waals surface area contributed by atoms with E-state index in [-0.39, 0.29) is 30.9 Å². The van der Waals surface area contributed by atoms with E-state index in [1.165, 1.54) is 6.92 Å². The smallest absolute Gasteiger partial charge is 0.355 e. The number of hydrogen-bond acceptors (Lipinski definition) is 4. The van der Waals surface area contributed by atoms with Gasteiger partial charge in [-0.1, -0.05) is 0 Å². The number of ether oxygens (including phenoxy) is 1. The van der Waals surface area contributed by atoms with Crippen LogP contribution in [0.25, 0.3) is 0 Å². The fraction of sp³-hybridized carbons (Fsp3) is 0.562. The number of ketones is 1. The topological polar surface area (TPSA) is 79.5 Å². The first-order valence-corrected chi connectivity index (χ1v) is 7.53. The van der Waals surface area contributed by atoms with Crippen molar-refractivity contribution >= 4 is 17.7 Å². The number of rotatable bonds is 6. The first-order valence-electron chi connectivity index (χ1n) is 7.53. The molecule has 0 saturated heterocycles. The average Bonchev–Trinajstić information content (AvgIpc) is 3.22. The van der Waals surface area contributed by atoms with Crippen molar-refractivity contribution in [3.63, 3.8) is 0 Å². The minimum absolute atomic E-state index is 0.0573. The van der Waals surface area contributed by atoms with Crippen LogP contribution < -0.4 is 0 Å². The van der Waals surface area contributed by atoms with Crippen molar-refractivity contribution in [2.75, 3.05) is 13.2 Å². The van der Waals surface area contributed by atoms with Crippen molar-refractivity contribution in [1.29, 1.82) is 0 Å². The van der Waals surface area contributed by atoms with E-state index in [9.17, 15) is 14.4 Å². The quantitative estimate of drug-likeness (QED) is 0.644. The van der Waals surface area contributed by atoms with E-state index in [2.05, 4.69) is 4.98 Å². The number of carbonyl (C=O) groups is 3. The van der Waals surface area contributed by atoms with E-state index in [0.717, 1.165) is 12.8 Å². The first kappa shape index (κ1) is 16.3. The lowest BCUT2D eigenvalue weighted by atomic mass is 10.1. The fourth-order valence-electron chi connectivity index (χ4n) is 2.69. The largest absolute Gasteiger partial charge is 0.461 e. The van der Waals surface area contributed by atoms with Crippen molar-refractivity contribution in [2.45, 2.75) is 46.6 Å². The maximum Gasteiger partial charge on any atom is 0.355 e. The Bertz CT molecular complexity index is 614. The molecule has 1 aliphatic rings. The highest BCUT2D eigenvalue weighted by Gasteiger charge is 2.33. The number of Topliss-reactive ketones (excluding diaryl/α,β-unsaturated/α-hetero) is 1. The maximum atomic E-state index is 12.6. The molecule has 22 heavy (non-hydrogen) atoms. The molecule has 0 unspecified atom stereocenters. The van der Waals surface area contributed by atoms with Gasteiger partial charge in [0.05, 0.1) is 13.2 Å². The number of aryl methyl sites for hydroxylation is 1. The van der Waals surface area contributed by atoms with Crippen LogP contribution in [0.1, 0.15) is 58.8 Å². The Labute approximate surface area is 129 Å². The summed E-state index contributed by atoms with van der Waals surface area (Å²) in [4.78, 5) is 40.6. The standard InChI is InChI=1S/C16H22N2O4/c1-5-22-16(21)15-9(2)14(10(3)17-15)13(20)8-18(11(4)19)12-6-7-12/h12,17H,5-8H2,1-4H3.